The van der Waals surface area contributed by atoms with Gasteiger partial charge in [-0.25, -0.2) is 0 Å². The fourth-order valence-corrected chi connectivity index (χ4v) is 3.04. The maximum Gasteiger partial charge on any atom is 0.296 e. The van der Waals surface area contributed by atoms with E-state index in [1.807, 2.05) is 0 Å². The van der Waals surface area contributed by atoms with Crippen molar-refractivity contribution < 1.29 is 0 Å². The van der Waals surface area contributed by atoms with Crippen LogP contribution in [0.5, 0.6) is 0 Å². The van der Waals surface area contributed by atoms with E-state index in [9.17, 15) is 4.79 Å². The van der Waals surface area contributed by atoms with E-state index in [4.69, 9.17) is 0 Å². The lowest BCUT2D eigenvalue weighted by molar-refractivity contribution is 0.456. The number of nitrogens with zero attached hydrogens (tertiary/aromatic N) is 4. The van der Waals surface area contributed by atoms with Crippen LogP contribution in [0.4, 0.5) is 0 Å². The molecule has 0 aromatic carbocycles. The molecule has 0 atom stereocenters. The number of hydrogen-bond acceptors (Lipinski definition) is 6. The van der Waals surface area contributed by atoms with Crippen LogP contribution in [-0.4, -0.2) is 32.9 Å². The number of fused-ring (bicyclic) bond motifs is 1. The zero-order valence-corrected chi connectivity index (χ0v) is 10.3. The van der Waals surface area contributed by atoms with Gasteiger partial charge in [0.25, 0.3) is 5.56 Å². The van der Waals surface area contributed by atoms with Gasteiger partial charge in [-0.2, -0.15) is 9.61 Å². The van der Waals surface area contributed by atoms with Crippen molar-refractivity contribution in [1.82, 2.24) is 25.1 Å². The molecule has 2 aromatic heterocycles. The van der Waals surface area contributed by atoms with Gasteiger partial charge in [0.2, 0.25) is 4.96 Å². The van der Waals surface area contributed by atoms with Gasteiger partial charge in [0.1, 0.15) is 10.7 Å². The topological polar surface area (TPSA) is 72.2 Å². The quantitative estimate of drug-likeness (QED) is 0.790. The summed E-state index contributed by atoms with van der Waals surface area (Å²) in [5, 5.41) is 16.6. The predicted octanol–water partition coefficient (Wildman–Crippen LogP) is 0.321. The second-order valence-corrected chi connectivity index (χ2v) is 5.24. The molecular formula is C10H13N5OS. The summed E-state index contributed by atoms with van der Waals surface area (Å²) in [5.41, 5.74) is 0.232. The van der Waals surface area contributed by atoms with Gasteiger partial charge in [-0.15, -0.1) is 10.2 Å². The second-order valence-electron chi connectivity index (χ2n) is 4.25. The molecule has 3 heterocycles. The average Bonchev–Trinajstić information content (AvgIpc) is 2.80. The molecule has 3 rings (SSSR count). The first-order chi connectivity index (χ1) is 8.25. The summed E-state index contributed by atoms with van der Waals surface area (Å²) in [5.74, 6) is 0.447. The van der Waals surface area contributed by atoms with E-state index in [1.165, 1.54) is 15.9 Å². The zero-order valence-electron chi connectivity index (χ0n) is 9.51. The SMILES string of the molecule is Cc1nnc2sc(C3CCNCC3)nn2c1=O. The van der Waals surface area contributed by atoms with Crippen molar-refractivity contribution in [2.75, 3.05) is 13.1 Å². The van der Waals surface area contributed by atoms with E-state index in [0.717, 1.165) is 30.9 Å². The zero-order chi connectivity index (χ0) is 11.8. The molecule has 90 valence electrons. The van der Waals surface area contributed by atoms with E-state index in [0.29, 0.717) is 16.6 Å². The Bertz CT molecular complexity index is 598. The lowest BCUT2D eigenvalue weighted by atomic mass is 9.99. The number of aryl methyl sites for hydroxylation is 1. The molecule has 6 nitrogen and oxygen atoms in total. The third kappa shape index (κ3) is 1.85. The fourth-order valence-electron chi connectivity index (χ4n) is 2.04. The Labute approximate surface area is 102 Å². The lowest BCUT2D eigenvalue weighted by Crippen LogP contribution is -2.27. The minimum atomic E-state index is -0.161. The third-order valence-electron chi connectivity index (χ3n) is 3.05. The van der Waals surface area contributed by atoms with Crippen molar-refractivity contribution in [1.29, 1.82) is 0 Å². The van der Waals surface area contributed by atoms with E-state index in [-0.39, 0.29) is 5.56 Å². The number of nitrogens with one attached hydrogen (secondary N) is 1. The van der Waals surface area contributed by atoms with Gasteiger partial charge >= 0.3 is 0 Å². The fraction of sp³-hybridized carbons (Fsp3) is 0.600. The van der Waals surface area contributed by atoms with Gasteiger partial charge in [-0.3, -0.25) is 4.79 Å². The van der Waals surface area contributed by atoms with Crippen molar-refractivity contribution in [3.8, 4) is 0 Å². The maximum atomic E-state index is 11.8. The number of piperidine rings is 1. The Morgan fingerprint density at radius 2 is 2.12 bits per heavy atom. The van der Waals surface area contributed by atoms with Crippen LogP contribution in [0.3, 0.4) is 0 Å². The molecule has 2 aromatic rings. The highest BCUT2D eigenvalue weighted by Crippen LogP contribution is 2.27. The van der Waals surface area contributed by atoms with E-state index in [2.05, 4.69) is 20.6 Å². The summed E-state index contributed by atoms with van der Waals surface area (Å²) in [4.78, 5) is 12.4. The van der Waals surface area contributed by atoms with Crippen LogP contribution >= 0.6 is 11.3 Å². The van der Waals surface area contributed by atoms with Crippen LogP contribution in [0.1, 0.15) is 29.5 Å². The van der Waals surface area contributed by atoms with Crippen molar-refractivity contribution in [3.05, 3.63) is 21.1 Å². The van der Waals surface area contributed by atoms with Gasteiger partial charge in [0.05, 0.1) is 0 Å². The molecule has 7 heteroatoms. The standard InChI is InChI=1S/C10H13N5OS/c1-6-9(16)15-10(13-12-6)17-8(14-15)7-2-4-11-5-3-7/h7,11H,2-5H2,1H3. The molecule has 0 saturated carbocycles. The van der Waals surface area contributed by atoms with Crippen LogP contribution < -0.4 is 10.9 Å². The Balaban J connectivity index is 2.07. The summed E-state index contributed by atoms with van der Waals surface area (Å²) in [6, 6.07) is 0. The van der Waals surface area contributed by atoms with Crippen LogP contribution in [0, 0.1) is 6.92 Å². The summed E-state index contributed by atoms with van der Waals surface area (Å²) in [6.45, 7) is 3.69. The van der Waals surface area contributed by atoms with Gasteiger partial charge in [-0.05, 0) is 32.9 Å². The smallest absolute Gasteiger partial charge is 0.296 e. The minimum absolute atomic E-state index is 0.161. The van der Waals surface area contributed by atoms with Crippen molar-refractivity contribution in [3.63, 3.8) is 0 Å². The molecule has 0 aliphatic carbocycles. The molecule has 1 fully saturated rings. The predicted molar refractivity (Wildman–Crippen MR) is 64.5 cm³/mol. The Morgan fingerprint density at radius 3 is 2.88 bits per heavy atom. The summed E-state index contributed by atoms with van der Waals surface area (Å²) < 4.78 is 1.38. The molecule has 1 saturated heterocycles. The molecule has 0 bridgehead atoms. The largest absolute Gasteiger partial charge is 0.317 e. The minimum Gasteiger partial charge on any atom is -0.317 e. The van der Waals surface area contributed by atoms with Crippen LogP contribution in [0.15, 0.2) is 4.79 Å². The molecule has 0 spiro atoms. The molecule has 17 heavy (non-hydrogen) atoms. The second kappa shape index (κ2) is 4.15. The normalized spacial score (nSPS) is 17.7. The first-order valence-corrected chi connectivity index (χ1v) is 6.51. The Morgan fingerprint density at radius 1 is 1.35 bits per heavy atom. The molecule has 0 radical (unpaired) electrons. The third-order valence-corrected chi connectivity index (χ3v) is 4.11. The van der Waals surface area contributed by atoms with Gasteiger partial charge in [0, 0.05) is 5.92 Å². The maximum absolute atomic E-state index is 11.8. The van der Waals surface area contributed by atoms with E-state index >= 15 is 0 Å². The molecule has 1 aliphatic heterocycles. The van der Waals surface area contributed by atoms with Crippen molar-refractivity contribution in [2.24, 2.45) is 0 Å². The number of hydrogen-bond donors (Lipinski definition) is 1. The van der Waals surface area contributed by atoms with Gasteiger partial charge < -0.3 is 5.32 Å². The molecular weight excluding hydrogens is 238 g/mol. The average molecular weight is 251 g/mol. The molecule has 1 N–H and O–H groups in total. The van der Waals surface area contributed by atoms with Crippen molar-refractivity contribution in [2.45, 2.75) is 25.7 Å². The first kappa shape index (κ1) is 10.8. The summed E-state index contributed by atoms with van der Waals surface area (Å²) in [6.07, 6.45) is 2.14. The lowest BCUT2D eigenvalue weighted by Gasteiger charge is -2.19. The molecule has 0 amide bonds. The van der Waals surface area contributed by atoms with Gasteiger partial charge in [-0.1, -0.05) is 11.3 Å². The van der Waals surface area contributed by atoms with E-state index in [1.54, 1.807) is 6.92 Å². The monoisotopic (exact) mass is 251 g/mol. The van der Waals surface area contributed by atoms with Crippen LogP contribution in [-0.2, 0) is 0 Å². The van der Waals surface area contributed by atoms with E-state index < -0.39 is 0 Å². The van der Waals surface area contributed by atoms with Crippen molar-refractivity contribution >= 4 is 16.3 Å². The summed E-state index contributed by atoms with van der Waals surface area (Å²) >= 11 is 1.48. The highest BCUT2D eigenvalue weighted by molar-refractivity contribution is 7.16. The Kier molecular flexibility index (Phi) is 2.64. The van der Waals surface area contributed by atoms with Crippen LogP contribution in [0.2, 0.25) is 0 Å². The highest BCUT2D eigenvalue weighted by Gasteiger charge is 2.20. The van der Waals surface area contributed by atoms with Gasteiger partial charge in [0.15, 0.2) is 0 Å². The number of aromatic nitrogens is 4. The first-order valence-electron chi connectivity index (χ1n) is 5.69. The Hall–Kier alpha value is -1.34. The molecule has 1 aliphatic rings. The molecule has 0 unspecified atom stereocenters. The highest BCUT2D eigenvalue weighted by atomic mass is 32.1. The number of rotatable bonds is 1. The van der Waals surface area contributed by atoms with Crippen LogP contribution in [0.25, 0.3) is 4.96 Å². The summed E-state index contributed by atoms with van der Waals surface area (Å²) in [7, 11) is 0.